The summed E-state index contributed by atoms with van der Waals surface area (Å²) in [5.74, 6) is -1.80. The van der Waals surface area contributed by atoms with Gasteiger partial charge in [-0.15, -0.1) is 13.2 Å². The van der Waals surface area contributed by atoms with Crippen molar-refractivity contribution in [1.29, 1.82) is 0 Å². The Balaban J connectivity index is 2.41. The van der Waals surface area contributed by atoms with Crippen LogP contribution in [0.5, 0.6) is 23.0 Å². The van der Waals surface area contributed by atoms with Crippen molar-refractivity contribution >= 4 is 17.3 Å². The van der Waals surface area contributed by atoms with E-state index in [0.29, 0.717) is 0 Å². The average molecular weight is 416 g/mol. The first-order chi connectivity index (χ1) is 13.6. The third-order valence-corrected chi connectivity index (χ3v) is 3.58. The van der Waals surface area contributed by atoms with Gasteiger partial charge in [0.2, 0.25) is 11.5 Å². The summed E-state index contributed by atoms with van der Waals surface area (Å²) in [4.78, 5) is 23.3. The molecule has 0 aliphatic carbocycles. The number of halogens is 3. The predicted octanol–water partition coefficient (Wildman–Crippen LogP) is 3.77. The van der Waals surface area contributed by atoms with Crippen LogP contribution in [0, 0.1) is 10.1 Å². The maximum atomic E-state index is 12.6. The normalized spacial score (nSPS) is 10.8. The minimum Gasteiger partial charge on any atom is -0.493 e. The van der Waals surface area contributed by atoms with Gasteiger partial charge in [0, 0.05) is 11.8 Å². The van der Waals surface area contributed by atoms with E-state index >= 15 is 0 Å². The summed E-state index contributed by atoms with van der Waals surface area (Å²) in [6.07, 6.45) is -4.86. The number of carbonyl (C=O) groups excluding carboxylic acids is 1. The fourth-order valence-corrected chi connectivity index (χ4v) is 2.43. The number of anilines is 1. The zero-order chi connectivity index (χ0) is 21.8. The van der Waals surface area contributed by atoms with Crippen LogP contribution in [0.3, 0.4) is 0 Å². The van der Waals surface area contributed by atoms with Crippen LogP contribution in [0.25, 0.3) is 0 Å². The maximum Gasteiger partial charge on any atom is 0.573 e. The Kier molecular flexibility index (Phi) is 6.36. The van der Waals surface area contributed by atoms with E-state index in [-0.39, 0.29) is 22.9 Å². The standard InChI is InChI=1S/C17H15F3N2O7/c1-26-12-8-11(13(22(24)25)15(28-3)14(12)27-2)16(23)21-9-4-6-10(7-5-9)29-17(18,19)20/h4-8H,1-3H3,(H,21,23). The van der Waals surface area contributed by atoms with E-state index in [1.165, 1.54) is 14.2 Å². The maximum absolute atomic E-state index is 12.6. The third-order valence-electron chi connectivity index (χ3n) is 3.58. The molecule has 2 rings (SSSR count). The van der Waals surface area contributed by atoms with Crippen molar-refractivity contribution in [2.24, 2.45) is 0 Å². The molecule has 1 N–H and O–H groups in total. The summed E-state index contributed by atoms with van der Waals surface area (Å²) in [7, 11) is 3.67. The highest BCUT2D eigenvalue weighted by Crippen LogP contribution is 2.46. The Bertz CT molecular complexity index is 915. The number of carbonyl (C=O) groups is 1. The molecule has 0 radical (unpaired) electrons. The van der Waals surface area contributed by atoms with Crippen molar-refractivity contribution in [2.75, 3.05) is 26.6 Å². The largest absolute Gasteiger partial charge is 0.573 e. The number of methoxy groups -OCH3 is 3. The van der Waals surface area contributed by atoms with Crippen molar-refractivity contribution in [3.8, 4) is 23.0 Å². The Morgan fingerprint density at radius 1 is 1.03 bits per heavy atom. The smallest absolute Gasteiger partial charge is 0.493 e. The van der Waals surface area contributed by atoms with Gasteiger partial charge in [-0.1, -0.05) is 0 Å². The minimum atomic E-state index is -4.86. The predicted molar refractivity (Wildman–Crippen MR) is 93.8 cm³/mol. The lowest BCUT2D eigenvalue weighted by molar-refractivity contribution is -0.386. The van der Waals surface area contributed by atoms with Gasteiger partial charge in [0.1, 0.15) is 11.3 Å². The first-order valence-electron chi connectivity index (χ1n) is 7.75. The van der Waals surface area contributed by atoms with Gasteiger partial charge < -0.3 is 24.3 Å². The quantitative estimate of drug-likeness (QED) is 0.540. The number of nitrogens with zero attached hydrogens (tertiary/aromatic N) is 1. The van der Waals surface area contributed by atoms with Gasteiger partial charge >= 0.3 is 12.0 Å². The molecule has 29 heavy (non-hydrogen) atoms. The molecule has 0 fully saturated rings. The first-order valence-corrected chi connectivity index (χ1v) is 7.75. The zero-order valence-electron chi connectivity index (χ0n) is 15.3. The van der Waals surface area contributed by atoms with Crippen LogP contribution in [0.2, 0.25) is 0 Å². The number of amides is 1. The van der Waals surface area contributed by atoms with Gasteiger partial charge in [-0.2, -0.15) is 0 Å². The number of benzene rings is 2. The Hall–Kier alpha value is -3.70. The number of alkyl halides is 3. The molecule has 0 aliphatic rings. The highest BCUT2D eigenvalue weighted by atomic mass is 19.4. The second kappa shape index (κ2) is 8.54. The lowest BCUT2D eigenvalue weighted by atomic mass is 10.1. The molecular formula is C17H15F3N2O7. The summed E-state index contributed by atoms with van der Waals surface area (Å²) >= 11 is 0. The van der Waals surface area contributed by atoms with E-state index < -0.39 is 34.2 Å². The van der Waals surface area contributed by atoms with Crippen LogP contribution in [-0.2, 0) is 0 Å². The molecule has 2 aromatic carbocycles. The SMILES string of the molecule is COc1cc(C(=O)Nc2ccc(OC(F)(F)F)cc2)c([N+](=O)[O-])c(OC)c1OC. The highest BCUT2D eigenvalue weighted by Gasteiger charge is 2.33. The van der Waals surface area contributed by atoms with Crippen LogP contribution < -0.4 is 24.3 Å². The number of nitrogens with one attached hydrogen (secondary N) is 1. The molecule has 0 aliphatic heterocycles. The van der Waals surface area contributed by atoms with Crippen LogP contribution >= 0.6 is 0 Å². The number of rotatable bonds is 7. The Morgan fingerprint density at radius 3 is 2.07 bits per heavy atom. The van der Waals surface area contributed by atoms with Crippen LogP contribution in [-0.4, -0.2) is 38.5 Å². The molecule has 0 bridgehead atoms. The molecule has 156 valence electrons. The number of ether oxygens (including phenoxy) is 4. The van der Waals surface area contributed by atoms with E-state index in [9.17, 15) is 28.1 Å². The summed E-state index contributed by atoms with van der Waals surface area (Å²) in [5, 5.41) is 13.9. The Morgan fingerprint density at radius 2 is 1.62 bits per heavy atom. The molecule has 12 heteroatoms. The van der Waals surface area contributed by atoms with E-state index in [4.69, 9.17) is 14.2 Å². The van der Waals surface area contributed by atoms with Gasteiger partial charge in [0.25, 0.3) is 5.91 Å². The molecule has 0 aromatic heterocycles. The summed E-state index contributed by atoms with van der Waals surface area (Å²) < 4.78 is 55.5. The average Bonchev–Trinajstić information content (AvgIpc) is 2.66. The van der Waals surface area contributed by atoms with Gasteiger partial charge in [-0.3, -0.25) is 14.9 Å². The van der Waals surface area contributed by atoms with Crippen molar-refractivity contribution in [3.05, 3.63) is 46.0 Å². The van der Waals surface area contributed by atoms with Crippen molar-refractivity contribution in [2.45, 2.75) is 6.36 Å². The van der Waals surface area contributed by atoms with Crippen LogP contribution in [0.1, 0.15) is 10.4 Å². The number of nitro groups is 1. The number of hydrogen-bond donors (Lipinski definition) is 1. The van der Waals surface area contributed by atoms with Crippen molar-refractivity contribution in [1.82, 2.24) is 0 Å². The summed E-state index contributed by atoms with van der Waals surface area (Å²) in [6.45, 7) is 0. The number of hydrogen-bond acceptors (Lipinski definition) is 7. The van der Waals surface area contributed by atoms with Crippen LogP contribution in [0.15, 0.2) is 30.3 Å². The summed E-state index contributed by atoms with van der Waals surface area (Å²) in [5.41, 5.74) is -0.993. The minimum absolute atomic E-state index is 0.00836. The second-order valence-electron chi connectivity index (χ2n) is 5.32. The molecule has 0 heterocycles. The lowest BCUT2D eigenvalue weighted by Gasteiger charge is -2.15. The zero-order valence-corrected chi connectivity index (χ0v) is 15.3. The number of nitro benzene ring substituents is 1. The first kappa shape index (κ1) is 21.6. The molecule has 2 aromatic rings. The molecule has 0 saturated carbocycles. The molecule has 9 nitrogen and oxygen atoms in total. The third kappa shape index (κ3) is 4.97. The van der Waals surface area contributed by atoms with E-state index in [1.807, 2.05) is 0 Å². The van der Waals surface area contributed by atoms with Crippen molar-refractivity contribution < 1.29 is 41.8 Å². The monoisotopic (exact) mass is 416 g/mol. The van der Waals surface area contributed by atoms with E-state index in [1.54, 1.807) is 0 Å². The van der Waals surface area contributed by atoms with E-state index in [0.717, 1.165) is 37.4 Å². The van der Waals surface area contributed by atoms with Crippen molar-refractivity contribution in [3.63, 3.8) is 0 Å². The van der Waals surface area contributed by atoms with Gasteiger partial charge in [-0.05, 0) is 24.3 Å². The van der Waals surface area contributed by atoms with E-state index in [2.05, 4.69) is 10.1 Å². The second-order valence-corrected chi connectivity index (χ2v) is 5.32. The topological polar surface area (TPSA) is 109 Å². The lowest BCUT2D eigenvalue weighted by Crippen LogP contribution is -2.17. The fraction of sp³-hybridized carbons (Fsp3) is 0.235. The molecular weight excluding hydrogens is 401 g/mol. The van der Waals surface area contributed by atoms with Gasteiger partial charge in [0.05, 0.1) is 26.3 Å². The molecule has 0 saturated heterocycles. The highest BCUT2D eigenvalue weighted by molar-refractivity contribution is 6.08. The summed E-state index contributed by atoms with van der Waals surface area (Å²) in [6, 6.07) is 5.33. The molecule has 1 amide bonds. The molecule has 0 unspecified atom stereocenters. The van der Waals surface area contributed by atoms with Gasteiger partial charge in [-0.25, -0.2) is 0 Å². The Labute approximate surface area is 162 Å². The molecule has 0 spiro atoms. The van der Waals surface area contributed by atoms with Crippen LogP contribution in [0.4, 0.5) is 24.5 Å². The molecule has 0 atom stereocenters. The fourth-order valence-electron chi connectivity index (χ4n) is 2.43. The van der Waals surface area contributed by atoms with Gasteiger partial charge in [0.15, 0.2) is 5.75 Å².